The smallest absolute Gasteiger partial charge is 0.221 e. The number of nitrogens with zero attached hydrogens (tertiary/aromatic N) is 1. The summed E-state index contributed by atoms with van der Waals surface area (Å²) in [5.74, 6) is 0.988. The van der Waals surface area contributed by atoms with Crippen molar-refractivity contribution < 1.29 is 9.21 Å². The molecular weight excluding hydrogens is 230 g/mol. The molecule has 0 aliphatic heterocycles. The molecule has 0 atom stereocenters. The van der Waals surface area contributed by atoms with E-state index in [0.29, 0.717) is 19.5 Å². The summed E-state index contributed by atoms with van der Waals surface area (Å²) in [6.07, 6.45) is 3.13. The van der Waals surface area contributed by atoms with Gasteiger partial charge in [0.2, 0.25) is 5.91 Å². The summed E-state index contributed by atoms with van der Waals surface area (Å²) in [6.45, 7) is 3.08. The summed E-state index contributed by atoms with van der Waals surface area (Å²) in [5.41, 5.74) is 0. The van der Waals surface area contributed by atoms with Gasteiger partial charge < -0.3 is 20.0 Å². The van der Waals surface area contributed by atoms with Crippen LogP contribution in [-0.4, -0.2) is 44.5 Å². The van der Waals surface area contributed by atoms with E-state index >= 15 is 0 Å². The first kappa shape index (κ1) is 14.7. The van der Waals surface area contributed by atoms with E-state index in [0.717, 1.165) is 25.3 Å². The molecule has 0 aromatic carbocycles. The van der Waals surface area contributed by atoms with Crippen LogP contribution in [0.4, 0.5) is 0 Å². The highest BCUT2D eigenvalue weighted by atomic mass is 16.3. The van der Waals surface area contributed by atoms with E-state index in [9.17, 15) is 4.79 Å². The molecule has 5 heteroatoms. The van der Waals surface area contributed by atoms with Crippen molar-refractivity contribution in [2.75, 3.05) is 33.7 Å². The van der Waals surface area contributed by atoms with Crippen LogP contribution in [0.3, 0.4) is 0 Å². The number of carbonyl (C=O) groups is 1. The fourth-order valence-corrected chi connectivity index (χ4v) is 1.54. The lowest BCUT2D eigenvalue weighted by Crippen LogP contribution is -2.29. The second-order valence-electron chi connectivity index (χ2n) is 4.51. The number of rotatable bonds is 9. The Hall–Kier alpha value is -1.33. The molecule has 1 rings (SSSR count). The molecule has 18 heavy (non-hydrogen) atoms. The third kappa shape index (κ3) is 7.09. The van der Waals surface area contributed by atoms with Crippen molar-refractivity contribution in [1.29, 1.82) is 0 Å². The molecule has 2 N–H and O–H groups in total. The van der Waals surface area contributed by atoms with E-state index in [4.69, 9.17) is 4.42 Å². The molecule has 5 nitrogen and oxygen atoms in total. The number of carbonyl (C=O) groups excluding carboxylic acids is 1. The summed E-state index contributed by atoms with van der Waals surface area (Å²) < 4.78 is 5.17. The molecule has 0 unspecified atom stereocenters. The summed E-state index contributed by atoms with van der Waals surface area (Å²) in [7, 11) is 4.06. The van der Waals surface area contributed by atoms with Gasteiger partial charge in [-0.2, -0.15) is 0 Å². The van der Waals surface area contributed by atoms with Crippen LogP contribution in [0.15, 0.2) is 22.8 Å². The second kappa shape index (κ2) is 8.72. The number of hydrogen-bond donors (Lipinski definition) is 2. The van der Waals surface area contributed by atoms with Gasteiger partial charge in [0.05, 0.1) is 12.8 Å². The van der Waals surface area contributed by atoms with E-state index in [1.165, 1.54) is 0 Å². The monoisotopic (exact) mass is 253 g/mol. The number of amides is 1. The summed E-state index contributed by atoms with van der Waals surface area (Å²) >= 11 is 0. The molecule has 0 aliphatic rings. The average molecular weight is 253 g/mol. The minimum Gasteiger partial charge on any atom is -0.468 e. The van der Waals surface area contributed by atoms with Gasteiger partial charge in [-0.3, -0.25) is 4.79 Å². The van der Waals surface area contributed by atoms with Crippen molar-refractivity contribution >= 4 is 5.91 Å². The van der Waals surface area contributed by atoms with Crippen LogP contribution in [0.5, 0.6) is 0 Å². The molecule has 0 bridgehead atoms. The Morgan fingerprint density at radius 2 is 2.22 bits per heavy atom. The van der Waals surface area contributed by atoms with Crippen LogP contribution in [0.25, 0.3) is 0 Å². The van der Waals surface area contributed by atoms with E-state index in [1.807, 2.05) is 26.2 Å². The average Bonchev–Trinajstić information content (AvgIpc) is 2.83. The van der Waals surface area contributed by atoms with Gasteiger partial charge in [-0.15, -0.1) is 0 Å². The Labute approximate surface area is 109 Å². The molecule has 1 aromatic rings. The van der Waals surface area contributed by atoms with E-state index in [2.05, 4.69) is 15.5 Å². The van der Waals surface area contributed by atoms with Gasteiger partial charge in [0.25, 0.3) is 0 Å². The fraction of sp³-hybridized carbons (Fsp3) is 0.615. The summed E-state index contributed by atoms with van der Waals surface area (Å²) in [4.78, 5) is 13.6. The van der Waals surface area contributed by atoms with Crippen LogP contribution in [0, 0.1) is 0 Å². The number of hydrogen-bond acceptors (Lipinski definition) is 4. The maximum atomic E-state index is 11.5. The predicted molar refractivity (Wildman–Crippen MR) is 71.2 cm³/mol. The summed E-state index contributed by atoms with van der Waals surface area (Å²) in [5, 5.41) is 6.07. The van der Waals surface area contributed by atoms with Crippen LogP contribution >= 0.6 is 0 Å². The first-order chi connectivity index (χ1) is 8.68. The Kier molecular flexibility index (Phi) is 7.13. The van der Waals surface area contributed by atoms with Gasteiger partial charge in [-0.05, 0) is 39.2 Å². The first-order valence-corrected chi connectivity index (χ1v) is 6.33. The minimum absolute atomic E-state index is 0.0979. The molecule has 102 valence electrons. The lowest BCUT2D eigenvalue weighted by atomic mass is 10.3. The lowest BCUT2D eigenvalue weighted by molar-refractivity contribution is -0.121. The van der Waals surface area contributed by atoms with Crippen molar-refractivity contribution in [3.05, 3.63) is 24.2 Å². The molecule has 1 heterocycles. The molecule has 0 saturated carbocycles. The van der Waals surface area contributed by atoms with Crippen molar-refractivity contribution in [3.63, 3.8) is 0 Å². The third-order valence-corrected chi connectivity index (χ3v) is 2.51. The predicted octanol–water partition coefficient (Wildman–Crippen LogP) is 0.827. The SMILES string of the molecule is CN(C)CCCNC(=O)CCNCc1ccco1. The molecular formula is C13H23N3O2. The molecule has 1 aromatic heterocycles. The number of nitrogens with one attached hydrogen (secondary N) is 2. The van der Waals surface area contributed by atoms with Gasteiger partial charge in [0.15, 0.2) is 0 Å². The van der Waals surface area contributed by atoms with E-state index < -0.39 is 0 Å². The maximum Gasteiger partial charge on any atom is 0.221 e. The van der Waals surface area contributed by atoms with Crippen LogP contribution in [-0.2, 0) is 11.3 Å². The van der Waals surface area contributed by atoms with Crippen molar-refractivity contribution in [1.82, 2.24) is 15.5 Å². The minimum atomic E-state index is 0.0979. The van der Waals surface area contributed by atoms with Crippen molar-refractivity contribution in [2.45, 2.75) is 19.4 Å². The van der Waals surface area contributed by atoms with Gasteiger partial charge in [-0.1, -0.05) is 0 Å². The number of furan rings is 1. The quantitative estimate of drug-likeness (QED) is 0.640. The highest BCUT2D eigenvalue weighted by molar-refractivity contribution is 5.75. The molecule has 1 amide bonds. The Balaban J connectivity index is 1.93. The van der Waals surface area contributed by atoms with Crippen molar-refractivity contribution in [3.8, 4) is 0 Å². The highest BCUT2D eigenvalue weighted by Crippen LogP contribution is 1.98. The Bertz CT molecular complexity index is 323. The third-order valence-electron chi connectivity index (χ3n) is 2.51. The van der Waals surface area contributed by atoms with Gasteiger partial charge in [-0.25, -0.2) is 0 Å². The lowest BCUT2D eigenvalue weighted by Gasteiger charge is -2.09. The Morgan fingerprint density at radius 3 is 2.89 bits per heavy atom. The molecule has 0 radical (unpaired) electrons. The van der Waals surface area contributed by atoms with E-state index in [-0.39, 0.29) is 5.91 Å². The molecule has 0 fully saturated rings. The van der Waals surface area contributed by atoms with Crippen LogP contribution in [0.1, 0.15) is 18.6 Å². The van der Waals surface area contributed by atoms with E-state index in [1.54, 1.807) is 6.26 Å². The topological polar surface area (TPSA) is 57.5 Å². The Morgan fingerprint density at radius 1 is 1.39 bits per heavy atom. The largest absolute Gasteiger partial charge is 0.468 e. The molecule has 0 saturated heterocycles. The highest BCUT2D eigenvalue weighted by Gasteiger charge is 2.01. The van der Waals surface area contributed by atoms with Gasteiger partial charge in [0, 0.05) is 19.5 Å². The van der Waals surface area contributed by atoms with Gasteiger partial charge in [0.1, 0.15) is 5.76 Å². The van der Waals surface area contributed by atoms with Crippen molar-refractivity contribution in [2.24, 2.45) is 0 Å². The van der Waals surface area contributed by atoms with Crippen LogP contribution in [0.2, 0.25) is 0 Å². The normalized spacial score (nSPS) is 10.8. The first-order valence-electron chi connectivity index (χ1n) is 6.33. The zero-order chi connectivity index (χ0) is 13.2. The van der Waals surface area contributed by atoms with Crippen LogP contribution < -0.4 is 10.6 Å². The molecule has 0 aliphatic carbocycles. The second-order valence-corrected chi connectivity index (χ2v) is 4.51. The summed E-state index contributed by atoms with van der Waals surface area (Å²) in [6, 6.07) is 3.77. The fourth-order valence-electron chi connectivity index (χ4n) is 1.54. The zero-order valence-corrected chi connectivity index (χ0v) is 11.2. The molecule has 0 spiro atoms. The maximum absolute atomic E-state index is 11.5. The zero-order valence-electron chi connectivity index (χ0n) is 11.2. The standard InChI is InChI=1S/C13H23N3O2/c1-16(2)9-4-7-15-13(17)6-8-14-11-12-5-3-10-18-12/h3,5,10,14H,4,6-9,11H2,1-2H3,(H,15,17). The van der Waals surface area contributed by atoms with Gasteiger partial charge >= 0.3 is 0 Å².